The number of hydrogen-bond acceptors (Lipinski definition) is 6. The van der Waals surface area contributed by atoms with Crippen LogP contribution in [-0.2, 0) is 4.79 Å². The zero-order chi connectivity index (χ0) is 16.3. The summed E-state index contributed by atoms with van der Waals surface area (Å²) >= 11 is 0. The summed E-state index contributed by atoms with van der Waals surface area (Å²) < 4.78 is 10.3. The van der Waals surface area contributed by atoms with Crippen LogP contribution in [0.4, 0.5) is 11.5 Å². The number of carbonyl (C=O) groups is 1. The molecule has 116 valence electrons. The van der Waals surface area contributed by atoms with Crippen molar-refractivity contribution >= 4 is 17.4 Å². The predicted octanol–water partition coefficient (Wildman–Crippen LogP) is 2.61. The van der Waals surface area contributed by atoms with E-state index in [1.165, 1.54) is 18.2 Å². The molecule has 0 saturated heterocycles. The average Bonchev–Trinajstić information content (AvgIpc) is 2.83. The molecule has 1 amide bonds. The molecule has 0 saturated carbocycles. The number of aromatic nitrogens is 1. The van der Waals surface area contributed by atoms with Gasteiger partial charge in [0.25, 0.3) is 11.6 Å². The monoisotopic (exact) mass is 305 g/mol. The highest BCUT2D eigenvalue weighted by atomic mass is 16.6. The van der Waals surface area contributed by atoms with E-state index in [1.54, 1.807) is 26.8 Å². The van der Waals surface area contributed by atoms with E-state index in [9.17, 15) is 14.9 Å². The summed E-state index contributed by atoms with van der Waals surface area (Å²) in [4.78, 5) is 22.2. The number of benzene rings is 1. The van der Waals surface area contributed by atoms with Crippen LogP contribution in [0.5, 0.6) is 5.75 Å². The summed E-state index contributed by atoms with van der Waals surface area (Å²) in [6, 6.07) is 5.90. The van der Waals surface area contributed by atoms with E-state index in [2.05, 4.69) is 10.5 Å². The molecule has 1 aromatic carbocycles. The van der Waals surface area contributed by atoms with Gasteiger partial charge in [0.1, 0.15) is 11.5 Å². The van der Waals surface area contributed by atoms with E-state index >= 15 is 0 Å². The van der Waals surface area contributed by atoms with Crippen LogP contribution in [0.2, 0.25) is 0 Å². The van der Waals surface area contributed by atoms with E-state index < -0.39 is 16.9 Å². The van der Waals surface area contributed by atoms with Crippen LogP contribution in [0.1, 0.15) is 18.2 Å². The van der Waals surface area contributed by atoms with Gasteiger partial charge in [0.05, 0.1) is 4.92 Å². The number of hydrogen-bond donors (Lipinski definition) is 1. The van der Waals surface area contributed by atoms with Gasteiger partial charge in [-0.05, 0) is 32.9 Å². The zero-order valence-corrected chi connectivity index (χ0v) is 12.3. The number of anilines is 1. The Morgan fingerprint density at radius 1 is 1.41 bits per heavy atom. The maximum atomic E-state index is 12.0. The molecule has 1 N–H and O–H groups in total. The third-order valence-electron chi connectivity index (χ3n) is 2.93. The topological polar surface area (TPSA) is 108 Å². The number of nitrogens with zero attached hydrogens (tertiary/aromatic N) is 2. The molecule has 0 aliphatic carbocycles. The number of nitrogens with one attached hydrogen (secondary N) is 1. The Morgan fingerprint density at radius 3 is 2.68 bits per heavy atom. The van der Waals surface area contributed by atoms with Crippen molar-refractivity contribution in [2.45, 2.75) is 26.9 Å². The van der Waals surface area contributed by atoms with Crippen LogP contribution in [0, 0.1) is 24.0 Å². The second-order valence-corrected chi connectivity index (χ2v) is 4.78. The number of rotatable bonds is 5. The van der Waals surface area contributed by atoms with Gasteiger partial charge >= 0.3 is 0 Å². The molecule has 0 radical (unpaired) electrons. The van der Waals surface area contributed by atoms with Crippen molar-refractivity contribution in [3.05, 3.63) is 45.7 Å². The summed E-state index contributed by atoms with van der Waals surface area (Å²) in [5.41, 5.74) is 0.463. The molecule has 1 atom stereocenters. The van der Waals surface area contributed by atoms with E-state index in [-0.39, 0.29) is 5.69 Å². The Morgan fingerprint density at radius 2 is 2.14 bits per heavy atom. The minimum Gasteiger partial charge on any atom is -0.481 e. The van der Waals surface area contributed by atoms with Gasteiger partial charge in [0, 0.05) is 17.7 Å². The van der Waals surface area contributed by atoms with Crippen LogP contribution >= 0.6 is 0 Å². The number of amides is 1. The third kappa shape index (κ3) is 3.60. The van der Waals surface area contributed by atoms with E-state index in [0.717, 1.165) is 0 Å². The molecule has 0 aliphatic heterocycles. The Balaban J connectivity index is 2.02. The van der Waals surface area contributed by atoms with Crippen molar-refractivity contribution in [2.75, 3.05) is 5.32 Å². The minimum atomic E-state index is -0.794. The number of nitro groups is 1. The SMILES string of the molecule is Cc1cc(NC(=O)[C@H](C)Oc2ccc([N+](=O)[O-])c(C)c2)no1. The van der Waals surface area contributed by atoms with Crippen LogP contribution in [0.3, 0.4) is 0 Å². The Kier molecular flexibility index (Phi) is 4.40. The molecular weight excluding hydrogens is 290 g/mol. The summed E-state index contributed by atoms with van der Waals surface area (Å²) in [5, 5.41) is 17.0. The van der Waals surface area contributed by atoms with Gasteiger partial charge < -0.3 is 14.6 Å². The smallest absolute Gasteiger partial charge is 0.272 e. The largest absolute Gasteiger partial charge is 0.481 e. The third-order valence-corrected chi connectivity index (χ3v) is 2.93. The maximum Gasteiger partial charge on any atom is 0.272 e. The fourth-order valence-electron chi connectivity index (χ4n) is 1.82. The van der Waals surface area contributed by atoms with Crippen molar-refractivity contribution in [3.63, 3.8) is 0 Å². The van der Waals surface area contributed by atoms with Crippen molar-refractivity contribution in [1.82, 2.24) is 5.16 Å². The van der Waals surface area contributed by atoms with Crippen LogP contribution in [0.15, 0.2) is 28.8 Å². The first-order valence-corrected chi connectivity index (χ1v) is 6.52. The lowest BCUT2D eigenvalue weighted by Gasteiger charge is -2.14. The fourth-order valence-corrected chi connectivity index (χ4v) is 1.82. The highest BCUT2D eigenvalue weighted by Crippen LogP contribution is 2.23. The summed E-state index contributed by atoms with van der Waals surface area (Å²) in [7, 11) is 0. The summed E-state index contributed by atoms with van der Waals surface area (Å²) in [5.74, 6) is 0.860. The molecule has 1 heterocycles. The van der Waals surface area contributed by atoms with Crippen LogP contribution in [0.25, 0.3) is 0 Å². The molecule has 2 rings (SSSR count). The van der Waals surface area contributed by atoms with E-state index in [0.29, 0.717) is 22.9 Å². The molecule has 0 fully saturated rings. The highest BCUT2D eigenvalue weighted by molar-refractivity contribution is 5.93. The Bertz CT molecular complexity index is 710. The number of carbonyl (C=O) groups excluding carboxylic acids is 1. The van der Waals surface area contributed by atoms with Gasteiger partial charge in [-0.25, -0.2) is 0 Å². The lowest BCUT2D eigenvalue weighted by molar-refractivity contribution is -0.385. The van der Waals surface area contributed by atoms with Crippen molar-refractivity contribution in [1.29, 1.82) is 0 Å². The number of nitro benzene ring substituents is 1. The first kappa shape index (κ1) is 15.5. The average molecular weight is 305 g/mol. The molecule has 8 heteroatoms. The Labute approximate surface area is 126 Å². The summed E-state index contributed by atoms with van der Waals surface area (Å²) in [6.07, 6.45) is -0.794. The fraction of sp³-hybridized carbons (Fsp3) is 0.286. The molecule has 8 nitrogen and oxygen atoms in total. The number of aryl methyl sites for hydroxylation is 2. The summed E-state index contributed by atoms with van der Waals surface area (Å²) in [6.45, 7) is 4.88. The molecule has 0 bridgehead atoms. The van der Waals surface area contributed by atoms with Crippen LogP contribution in [-0.4, -0.2) is 22.1 Å². The van der Waals surface area contributed by atoms with E-state index in [1.807, 2.05) is 0 Å². The zero-order valence-electron chi connectivity index (χ0n) is 12.3. The maximum absolute atomic E-state index is 12.0. The minimum absolute atomic E-state index is 0.00234. The highest BCUT2D eigenvalue weighted by Gasteiger charge is 2.18. The first-order chi connectivity index (χ1) is 10.4. The molecule has 0 aliphatic rings. The van der Waals surface area contributed by atoms with Gasteiger partial charge in [-0.2, -0.15) is 0 Å². The molecule has 22 heavy (non-hydrogen) atoms. The van der Waals surface area contributed by atoms with Crippen molar-refractivity contribution < 1.29 is 19.0 Å². The lowest BCUT2D eigenvalue weighted by atomic mass is 10.2. The van der Waals surface area contributed by atoms with Gasteiger partial charge in [0.15, 0.2) is 11.9 Å². The molecule has 1 aromatic heterocycles. The molecule has 2 aromatic rings. The van der Waals surface area contributed by atoms with Gasteiger partial charge in [-0.3, -0.25) is 14.9 Å². The van der Waals surface area contributed by atoms with Crippen molar-refractivity contribution in [2.24, 2.45) is 0 Å². The molecular formula is C14H15N3O5. The quantitative estimate of drug-likeness (QED) is 0.672. The van der Waals surface area contributed by atoms with E-state index in [4.69, 9.17) is 9.26 Å². The van der Waals surface area contributed by atoms with Gasteiger partial charge in [-0.1, -0.05) is 5.16 Å². The van der Waals surface area contributed by atoms with Crippen LogP contribution < -0.4 is 10.1 Å². The second-order valence-electron chi connectivity index (χ2n) is 4.78. The van der Waals surface area contributed by atoms with Gasteiger partial charge in [0.2, 0.25) is 0 Å². The van der Waals surface area contributed by atoms with Gasteiger partial charge in [-0.15, -0.1) is 0 Å². The predicted molar refractivity (Wildman–Crippen MR) is 77.8 cm³/mol. The number of ether oxygens (including phenoxy) is 1. The molecule has 0 spiro atoms. The standard InChI is InChI=1S/C14H15N3O5/c1-8-6-11(4-5-12(8)17(19)20)21-10(3)14(18)15-13-7-9(2)22-16-13/h4-7,10H,1-3H3,(H,15,16,18)/t10-/m0/s1. The lowest BCUT2D eigenvalue weighted by Crippen LogP contribution is -2.30. The second kappa shape index (κ2) is 6.25. The first-order valence-electron chi connectivity index (χ1n) is 6.52. The molecule has 0 unspecified atom stereocenters. The normalized spacial score (nSPS) is 11.8. The van der Waals surface area contributed by atoms with Crippen molar-refractivity contribution in [3.8, 4) is 5.75 Å². The Hall–Kier alpha value is -2.90.